The van der Waals surface area contributed by atoms with Crippen LogP contribution in [0.1, 0.15) is 56.6 Å². The molecular weight excluding hydrogens is 234 g/mol. The summed E-state index contributed by atoms with van der Waals surface area (Å²) in [5.41, 5.74) is 1.35. The van der Waals surface area contributed by atoms with Gasteiger partial charge in [-0.2, -0.15) is 0 Å². The number of nitrogens with one attached hydrogen (secondary N) is 1. The van der Waals surface area contributed by atoms with Crippen molar-refractivity contribution in [2.24, 2.45) is 5.92 Å². The summed E-state index contributed by atoms with van der Waals surface area (Å²) in [5.74, 6) is 1.96. The van der Waals surface area contributed by atoms with E-state index in [1.807, 2.05) is 0 Å². The molecule has 0 radical (unpaired) electrons. The molecule has 1 heterocycles. The highest BCUT2D eigenvalue weighted by Crippen LogP contribution is 2.32. The minimum atomic E-state index is 0.494. The van der Waals surface area contributed by atoms with Crippen molar-refractivity contribution in [1.29, 1.82) is 0 Å². The third-order valence-corrected chi connectivity index (χ3v) is 4.59. The smallest absolute Gasteiger partial charge is 0.124 e. The minimum Gasteiger partial charge on any atom is -0.493 e. The van der Waals surface area contributed by atoms with E-state index in [9.17, 15) is 0 Å². The van der Waals surface area contributed by atoms with E-state index in [0.29, 0.717) is 6.04 Å². The molecule has 2 heteroatoms. The first kappa shape index (κ1) is 13.0. The highest BCUT2D eigenvalue weighted by atomic mass is 16.5. The number of benzene rings is 1. The summed E-state index contributed by atoms with van der Waals surface area (Å²) in [6, 6.07) is 8.97. The third kappa shape index (κ3) is 3.30. The summed E-state index contributed by atoms with van der Waals surface area (Å²) in [7, 11) is 0. The van der Waals surface area contributed by atoms with Gasteiger partial charge in [0.25, 0.3) is 0 Å². The van der Waals surface area contributed by atoms with Gasteiger partial charge in [-0.05, 0) is 31.4 Å². The second-order valence-corrected chi connectivity index (χ2v) is 5.99. The van der Waals surface area contributed by atoms with Gasteiger partial charge in [0, 0.05) is 18.0 Å². The Hall–Kier alpha value is -1.02. The van der Waals surface area contributed by atoms with E-state index < -0.39 is 0 Å². The lowest BCUT2D eigenvalue weighted by Gasteiger charge is -2.28. The van der Waals surface area contributed by atoms with E-state index in [-0.39, 0.29) is 0 Å². The quantitative estimate of drug-likeness (QED) is 0.826. The fraction of sp³-hybridized carbons (Fsp3) is 0.647. The predicted octanol–water partition coefficient (Wildman–Crippen LogP) is 4.07. The number of fused-ring (bicyclic) bond motifs is 1. The van der Waals surface area contributed by atoms with Crippen LogP contribution >= 0.6 is 0 Å². The summed E-state index contributed by atoms with van der Waals surface area (Å²) in [4.78, 5) is 0. The normalized spacial score (nSPS) is 24.3. The van der Waals surface area contributed by atoms with Gasteiger partial charge in [-0.25, -0.2) is 0 Å². The van der Waals surface area contributed by atoms with Gasteiger partial charge in [0.2, 0.25) is 0 Å². The molecule has 1 aliphatic heterocycles. The van der Waals surface area contributed by atoms with Gasteiger partial charge in [0.05, 0.1) is 6.61 Å². The first-order valence-corrected chi connectivity index (χ1v) is 7.88. The van der Waals surface area contributed by atoms with Crippen molar-refractivity contribution in [3.8, 4) is 5.75 Å². The fourth-order valence-electron chi connectivity index (χ4n) is 3.43. The molecule has 1 unspecified atom stereocenters. The molecule has 1 atom stereocenters. The van der Waals surface area contributed by atoms with E-state index in [1.54, 1.807) is 0 Å². The zero-order valence-corrected chi connectivity index (χ0v) is 11.7. The molecule has 0 spiro atoms. The average Bonchev–Trinajstić information content (AvgIpc) is 2.74. The van der Waals surface area contributed by atoms with Gasteiger partial charge >= 0.3 is 0 Å². The third-order valence-electron chi connectivity index (χ3n) is 4.59. The highest BCUT2D eigenvalue weighted by molar-refractivity contribution is 5.37. The summed E-state index contributed by atoms with van der Waals surface area (Å²) < 4.78 is 5.73. The summed E-state index contributed by atoms with van der Waals surface area (Å²) in [6.07, 6.45) is 9.67. The number of rotatable bonds is 3. The molecule has 2 nitrogen and oxygen atoms in total. The first-order chi connectivity index (χ1) is 9.43. The van der Waals surface area contributed by atoms with Crippen molar-refractivity contribution < 1.29 is 4.74 Å². The second kappa shape index (κ2) is 6.42. The van der Waals surface area contributed by atoms with Crippen LogP contribution in [0.4, 0.5) is 0 Å². The van der Waals surface area contributed by atoms with E-state index in [2.05, 4.69) is 29.6 Å². The van der Waals surface area contributed by atoms with Crippen molar-refractivity contribution in [2.45, 2.75) is 51.0 Å². The zero-order valence-electron chi connectivity index (χ0n) is 11.7. The van der Waals surface area contributed by atoms with E-state index in [1.165, 1.54) is 50.6 Å². The Labute approximate surface area is 116 Å². The number of ether oxygens (including phenoxy) is 1. The van der Waals surface area contributed by atoms with E-state index in [4.69, 9.17) is 4.74 Å². The van der Waals surface area contributed by atoms with Crippen LogP contribution in [0.2, 0.25) is 0 Å². The van der Waals surface area contributed by atoms with Crippen molar-refractivity contribution in [2.75, 3.05) is 13.2 Å². The maximum atomic E-state index is 5.73. The molecule has 0 bridgehead atoms. The van der Waals surface area contributed by atoms with Crippen LogP contribution in [0.15, 0.2) is 24.3 Å². The van der Waals surface area contributed by atoms with Gasteiger partial charge in [0.15, 0.2) is 0 Å². The van der Waals surface area contributed by atoms with Crippen LogP contribution in [0.25, 0.3) is 0 Å². The first-order valence-electron chi connectivity index (χ1n) is 7.88. The molecule has 1 aromatic carbocycles. The molecule has 1 fully saturated rings. The van der Waals surface area contributed by atoms with Gasteiger partial charge in [-0.3, -0.25) is 0 Å². The molecule has 0 amide bonds. The lowest BCUT2D eigenvalue weighted by molar-refractivity contribution is 0.246. The molecule has 19 heavy (non-hydrogen) atoms. The minimum absolute atomic E-state index is 0.494. The summed E-state index contributed by atoms with van der Waals surface area (Å²) >= 11 is 0. The maximum absolute atomic E-state index is 5.73. The number of hydrogen-bond acceptors (Lipinski definition) is 2. The fourth-order valence-corrected chi connectivity index (χ4v) is 3.43. The van der Waals surface area contributed by atoms with Crippen molar-refractivity contribution in [3.63, 3.8) is 0 Å². The van der Waals surface area contributed by atoms with E-state index >= 15 is 0 Å². The molecule has 0 saturated heterocycles. The molecule has 1 N–H and O–H groups in total. The lowest BCUT2D eigenvalue weighted by Crippen LogP contribution is -2.31. The Morgan fingerprint density at radius 2 is 1.79 bits per heavy atom. The Bertz CT molecular complexity index is 396. The van der Waals surface area contributed by atoms with Gasteiger partial charge < -0.3 is 10.1 Å². The molecule has 1 aliphatic carbocycles. The SMILES string of the molecule is c1ccc2c(c1)OCCC2NCC1CCCCCC1. The van der Waals surface area contributed by atoms with E-state index in [0.717, 1.165) is 24.7 Å². The number of hydrogen-bond donors (Lipinski definition) is 1. The van der Waals surface area contributed by atoms with Crippen LogP contribution in [-0.4, -0.2) is 13.2 Å². The predicted molar refractivity (Wildman–Crippen MR) is 78.5 cm³/mol. The van der Waals surface area contributed by atoms with Crippen molar-refractivity contribution >= 4 is 0 Å². The average molecular weight is 259 g/mol. The lowest BCUT2D eigenvalue weighted by atomic mass is 9.97. The standard InChI is InChI=1S/C17H25NO/c1-2-4-8-14(7-3-1)13-18-16-11-12-19-17-10-6-5-9-15(16)17/h5-6,9-10,14,16,18H,1-4,7-8,11-13H2. The second-order valence-electron chi connectivity index (χ2n) is 5.99. The highest BCUT2D eigenvalue weighted by Gasteiger charge is 2.21. The topological polar surface area (TPSA) is 21.3 Å². The Kier molecular flexibility index (Phi) is 4.39. The Balaban J connectivity index is 1.58. The molecule has 1 saturated carbocycles. The number of para-hydroxylation sites is 1. The largest absolute Gasteiger partial charge is 0.493 e. The summed E-state index contributed by atoms with van der Waals surface area (Å²) in [5, 5.41) is 3.80. The molecule has 1 aromatic rings. The van der Waals surface area contributed by atoms with Gasteiger partial charge in [-0.1, -0.05) is 43.9 Å². The Morgan fingerprint density at radius 1 is 1.00 bits per heavy atom. The van der Waals surface area contributed by atoms with Crippen LogP contribution in [0, 0.1) is 5.92 Å². The van der Waals surface area contributed by atoms with Crippen LogP contribution in [0.5, 0.6) is 5.75 Å². The molecule has 0 aromatic heterocycles. The molecule has 104 valence electrons. The zero-order chi connectivity index (χ0) is 12.9. The van der Waals surface area contributed by atoms with Gasteiger partial charge in [-0.15, -0.1) is 0 Å². The Morgan fingerprint density at radius 3 is 2.63 bits per heavy atom. The monoisotopic (exact) mass is 259 g/mol. The van der Waals surface area contributed by atoms with Gasteiger partial charge in [0.1, 0.15) is 5.75 Å². The summed E-state index contributed by atoms with van der Waals surface area (Å²) in [6.45, 7) is 2.03. The van der Waals surface area contributed by atoms with Crippen molar-refractivity contribution in [1.82, 2.24) is 5.32 Å². The van der Waals surface area contributed by atoms with Crippen LogP contribution in [-0.2, 0) is 0 Å². The van der Waals surface area contributed by atoms with Crippen LogP contribution < -0.4 is 10.1 Å². The maximum Gasteiger partial charge on any atom is 0.124 e. The molecule has 3 rings (SSSR count). The van der Waals surface area contributed by atoms with Crippen LogP contribution in [0.3, 0.4) is 0 Å². The molecular formula is C17H25NO. The van der Waals surface area contributed by atoms with Crippen molar-refractivity contribution in [3.05, 3.63) is 29.8 Å². The molecule has 2 aliphatic rings.